The quantitative estimate of drug-likeness (QED) is 0.427. The van der Waals surface area contributed by atoms with Crippen LogP contribution in [0.5, 0.6) is 0 Å². The minimum atomic E-state index is 0.126. The summed E-state index contributed by atoms with van der Waals surface area (Å²) in [6, 6.07) is 0. The maximum absolute atomic E-state index is 11.8. The second-order valence-electron chi connectivity index (χ2n) is 3.17. The molecular weight excluding hydrogens is 226 g/mol. The van der Waals surface area contributed by atoms with E-state index < -0.39 is 0 Å². The smallest absolute Gasteiger partial charge is 0.232 e. The fourth-order valence-electron chi connectivity index (χ4n) is 1.09. The number of rotatable bonds is 10. The summed E-state index contributed by atoms with van der Waals surface area (Å²) in [6.45, 7) is 5.97. The molecular formula is C11H21NO3S. The van der Waals surface area contributed by atoms with E-state index in [0.29, 0.717) is 32.1 Å². The minimum Gasteiger partial charge on any atom is -0.383 e. The summed E-state index contributed by atoms with van der Waals surface area (Å²) in [6.07, 6.45) is 1.80. The molecule has 0 aliphatic rings. The number of hydrogen-bond acceptors (Lipinski definition) is 4. The Hall–Kier alpha value is -0.520. The molecule has 0 saturated carbocycles. The molecule has 5 heteroatoms. The van der Waals surface area contributed by atoms with Crippen molar-refractivity contribution in [1.82, 2.24) is 4.90 Å². The van der Waals surface area contributed by atoms with Gasteiger partial charge >= 0.3 is 0 Å². The third-order valence-electron chi connectivity index (χ3n) is 1.94. The molecule has 0 atom stereocenters. The van der Waals surface area contributed by atoms with Crippen molar-refractivity contribution in [3.63, 3.8) is 0 Å². The third-order valence-corrected chi connectivity index (χ3v) is 2.87. The van der Waals surface area contributed by atoms with Gasteiger partial charge in [0.2, 0.25) is 5.91 Å². The number of nitrogens with zero attached hydrogens (tertiary/aromatic N) is 1. The number of carbonyl (C=O) groups excluding carboxylic acids is 1. The molecule has 4 nitrogen and oxygen atoms in total. The predicted molar refractivity (Wildman–Crippen MR) is 67.9 cm³/mol. The van der Waals surface area contributed by atoms with Crippen molar-refractivity contribution < 1.29 is 14.3 Å². The zero-order valence-corrected chi connectivity index (χ0v) is 10.9. The van der Waals surface area contributed by atoms with E-state index in [9.17, 15) is 4.79 Å². The van der Waals surface area contributed by atoms with Gasteiger partial charge in [0.15, 0.2) is 0 Å². The molecule has 94 valence electrons. The van der Waals surface area contributed by atoms with Gasteiger partial charge in [-0.2, -0.15) is 0 Å². The largest absolute Gasteiger partial charge is 0.383 e. The first-order chi connectivity index (χ1) is 7.76. The molecule has 1 amide bonds. The SMILES string of the molecule is C=CCSCC(=O)N(CCOC)CCOC. The second-order valence-corrected chi connectivity index (χ2v) is 4.20. The van der Waals surface area contributed by atoms with Crippen LogP contribution in [-0.4, -0.2) is 62.8 Å². The molecule has 0 aliphatic heterocycles. The highest BCUT2D eigenvalue weighted by Crippen LogP contribution is 2.03. The minimum absolute atomic E-state index is 0.126. The molecule has 0 radical (unpaired) electrons. The lowest BCUT2D eigenvalue weighted by Gasteiger charge is -2.21. The second kappa shape index (κ2) is 11.0. The van der Waals surface area contributed by atoms with E-state index in [1.807, 2.05) is 0 Å². The van der Waals surface area contributed by atoms with E-state index in [1.165, 1.54) is 0 Å². The third kappa shape index (κ3) is 7.73. The Balaban J connectivity index is 3.93. The lowest BCUT2D eigenvalue weighted by atomic mass is 10.4. The lowest BCUT2D eigenvalue weighted by molar-refractivity contribution is -0.129. The topological polar surface area (TPSA) is 38.8 Å². The average molecular weight is 247 g/mol. The Morgan fingerprint density at radius 1 is 1.31 bits per heavy atom. The van der Waals surface area contributed by atoms with E-state index in [2.05, 4.69) is 6.58 Å². The van der Waals surface area contributed by atoms with E-state index in [-0.39, 0.29) is 5.91 Å². The zero-order valence-electron chi connectivity index (χ0n) is 10.1. The van der Waals surface area contributed by atoms with E-state index in [4.69, 9.17) is 9.47 Å². The molecule has 0 aromatic heterocycles. The standard InChI is InChI=1S/C11H21NO3S/c1-4-9-16-10-11(13)12(5-7-14-2)6-8-15-3/h4H,1,5-10H2,2-3H3. The van der Waals surface area contributed by atoms with Gasteiger partial charge in [0.1, 0.15) is 0 Å². The van der Waals surface area contributed by atoms with Gasteiger partial charge in [-0.1, -0.05) is 6.08 Å². The summed E-state index contributed by atoms with van der Waals surface area (Å²) in [4.78, 5) is 13.6. The van der Waals surface area contributed by atoms with Crippen molar-refractivity contribution >= 4 is 17.7 Å². The summed E-state index contributed by atoms with van der Waals surface area (Å²) in [5.74, 6) is 1.41. The summed E-state index contributed by atoms with van der Waals surface area (Å²) in [5, 5.41) is 0. The Bertz CT molecular complexity index is 192. The van der Waals surface area contributed by atoms with Crippen LogP contribution in [0.3, 0.4) is 0 Å². The zero-order chi connectivity index (χ0) is 12.2. The molecule has 0 bridgehead atoms. The highest BCUT2D eigenvalue weighted by atomic mass is 32.2. The molecule has 0 spiro atoms. The van der Waals surface area contributed by atoms with Gasteiger partial charge in [-0.25, -0.2) is 0 Å². The van der Waals surface area contributed by atoms with Crippen LogP contribution in [0.25, 0.3) is 0 Å². The Morgan fingerprint density at radius 3 is 2.31 bits per heavy atom. The van der Waals surface area contributed by atoms with Gasteiger partial charge in [0.05, 0.1) is 19.0 Å². The molecule has 0 aromatic rings. The normalized spacial score (nSPS) is 10.1. The Morgan fingerprint density at radius 2 is 1.88 bits per heavy atom. The van der Waals surface area contributed by atoms with Gasteiger partial charge < -0.3 is 14.4 Å². The van der Waals surface area contributed by atoms with Gasteiger partial charge in [0.25, 0.3) is 0 Å². The molecule has 0 N–H and O–H groups in total. The molecule has 0 unspecified atom stereocenters. The fourth-order valence-corrected chi connectivity index (χ4v) is 1.73. The molecule has 16 heavy (non-hydrogen) atoms. The lowest BCUT2D eigenvalue weighted by Crippen LogP contribution is -2.37. The molecule has 0 heterocycles. The Kier molecular flexibility index (Phi) is 10.6. The summed E-state index contributed by atoms with van der Waals surface area (Å²) >= 11 is 1.57. The van der Waals surface area contributed by atoms with Gasteiger partial charge in [-0.05, 0) is 0 Å². The van der Waals surface area contributed by atoms with Crippen molar-refractivity contribution in [2.24, 2.45) is 0 Å². The van der Waals surface area contributed by atoms with Crippen molar-refractivity contribution in [3.8, 4) is 0 Å². The maximum atomic E-state index is 11.8. The van der Waals surface area contributed by atoms with E-state index in [0.717, 1.165) is 5.75 Å². The van der Waals surface area contributed by atoms with Gasteiger partial charge in [-0.3, -0.25) is 4.79 Å². The number of ether oxygens (including phenoxy) is 2. The Labute approximate surface area is 102 Å². The molecule has 0 aromatic carbocycles. The van der Waals surface area contributed by atoms with Crippen LogP contribution in [0.15, 0.2) is 12.7 Å². The summed E-state index contributed by atoms with van der Waals surface area (Å²) in [7, 11) is 3.26. The van der Waals surface area contributed by atoms with Crippen molar-refractivity contribution in [2.45, 2.75) is 0 Å². The van der Waals surface area contributed by atoms with E-state index in [1.54, 1.807) is 37.0 Å². The number of hydrogen-bond donors (Lipinski definition) is 0. The number of amides is 1. The first kappa shape index (κ1) is 15.5. The summed E-state index contributed by atoms with van der Waals surface area (Å²) < 4.78 is 9.94. The number of carbonyl (C=O) groups is 1. The van der Waals surface area contributed by atoms with E-state index >= 15 is 0 Å². The van der Waals surface area contributed by atoms with Gasteiger partial charge in [-0.15, -0.1) is 18.3 Å². The van der Waals surface area contributed by atoms with Crippen LogP contribution in [0.2, 0.25) is 0 Å². The van der Waals surface area contributed by atoms with Crippen LogP contribution in [0.4, 0.5) is 0 Å². The molecule has 0 rings (SSSR count). The molecule has 0 fully saturated rings. The summed E-state index contributed by atoms with van der Waals surface area (Å²) in [5.41, 5.74) is 0. The highest BCUT2D eigenvalue weighted by Gasteiger charge is 2.12. The van der Waals surface area contributed by atoms with Crippen LogP contribution < -0.4 is 0 Å². The molecule has 0 aliphatic carbocycles. The first-order valence-corrected chi connectivity index (χ1v) is 6.36. The number of methoxy groups -OCH3 is 2. The van der Waals surface area contributed by atoms with Crippen molar-refractivity contribution in [3.05, 3.63) is 12.7 Å². The van der Waals surface area contributed by atoms with Crippen molar-refractivity contribution in [2.75, 3.05) is 52.0 Å². The van der Waals surface area contributed by atoms with Crippen LogP contribution in [0, 0.1) is 0 Å². The van der Waals surface area contributed by atoms with Crippen LogP contribution in [0.1, 0.15) is 0 Å². The molecule has 0 saturated heterocycles. The van der Waals surface area contributed by atoms with Crippen LogP contribution in [-0.2, 0) is 14.3 Å². The van der Waals surface area contributed by atoms with Crippen molar-refractivity contribution in [1.29, 1.82) is 0 Å². The number of thioether (sulfide) groups is 1. The monoisotopic (exact) mass is 247 g/mol. The fraction of sp³-hybridized carbons (Fsp3) is 0.727. The average Bonchev–Trinajstić information content (AvgIpc) is 2.29. The maximum Gasteiger partial charge on any atom is 0.232 e. The highest BCUT2D eigenvalue weighted by molar-refractivity contribution is 8.00. The predicted octanol–water partition coefficient (Wildman–Crippen LogP) is 1.03. The first-order valence-electron chi connectivity index (χ1n) is 5.20. The van der Waals surface area contributed by atoms with Gasteiger partial charge in [0, 0.05) is 33.1 Å². The van der Waals surface area contributed by atoms with Crippen LogP contribution >= 0.6 is 11.8 Å².